The van der Waals surface area contributed by atoms with Gasteiger partial charge in [-0.3, -0.25) is 9.59 Å². The topological polar surface area (TPSA) is 70.2 Å². The lowest BCUT2D eigenvalue weighted by Gasteiger charge is -2.11. The molecule has 3 N–H and O–H groups in total. The second-order valence-corrected chi connectivity index (χ2v) is 6.13. The molecule has 5 nitrogen and oxygen atoms in total. The van der Waals surface area contributed by atoms with Gasteiger partial charge in [-0.25, -0.2) is 0 Å². The van der Waals surface area contributed by atoms with Crippen molar-refractivity contribution in [1.29, 1.82) is 0 Å². The molecule has 2 rings (SSSR count). The van der Waals surface area contributed by atoms with Gasteiger partial charge in [0.2, 0.25) is 11.8 Å². The number of anilines is 3. The first-order chi connectivity index (χ1) is 11.3. The average molecular weight is 387 g/mol. The van der Waals surface area contributed by atoms with E-state index in [1.54, 1.807) is 24.3 Å². The Morgan fingerprint density at radius 2 is 1.58 bits per heavy atom. The van der Waals surface area contributed by atoms with E-state index < -0.39 is 0 Å². The van der Waals surface area contributed by atoms with Crippen molar-refractivity contribution < 1.29 is 9.59 Å². The summed E-state index contributed by atoms with van der Waals surface area (Å²) in [5.74, 6) is -0.473. The number of hydrogen-bond acceptors (Lipinski definition) is 3. The molecular weight excluding hydrogens is 373 g/mol. The zero-order valence-corrected chi connectivity index (χ0v) is 14.9. The lowest BCUT2D eigenvalue weighted by atomic mass is 10.2. The number of carbonyl (C=O) groups is 2. The third kappa shape index (κ3) is 5.30. The van der Waals surface area contributed by atoms with Gasteiger partial charge in [-0.05, 0) is 30.3 Å². The number of benzene rings is 2. The Hall–Kier alpha value is -1.95. The summed E-state index contributed by atoms with van der Waals surface area (Å²) in [7, 11) is 0. The Kier molecular flexibility index (Phi) is 6.31. The molecule has 24 heavy (non-hydrogen) atoms. The largest absolute Gasteiger partial charge is 0.376 e. The summed E-state index contributed by atoms with van der Waals surface area (Å²) in [5.41, 5.74) is 1.71. The maximum absolute atomic E-state index is 12.0. The van der Waals surface area contributed by atoms with Crippen LogP contribution in [0.4, 0.5) is 17.1 Å². The average Bonchev–Trinajstić information content (AvgIpc) is 2.50. The fourth-order valence-electron chi connectivity index (χ4n) is 1.91. The highest BCUT2D eigenvalue weighted by Gasteiger charge is 2.09. The van der Waals surface area contributed by atoms with Crippen LogP contribution >= 0.6 is 34.8 Å². The molecule has 0 aliphatic heterocycles. The molecule has 0 atom stereocenters. The third-order valence-corrected chi connectivity index (χ3v) is 3.95. The summed E-state index contributed by atoms with van der Waals surface area (Å²) in [6.07, 6.45) is 0. The van der Waals surface area contributed by atoms with Crippen molar-refractivity contribution in [3.8, 4) is 0 Å². The molecule has 8 heteroatoms. The van der Waals surface area contributed by atoms with E-state index in [-0.39, 0.29) is 18.4 Å². The quantitative estimate of drug-likeness (QED) is 0.655. The van der Waals surface area contributed by atoms with Crippen LogP contribution in [0.15, 0.2) is 36.4 Å². The minimum atomic E-state index is -0.305. The summed E-state index contributed by atoms with van der Waals surface area (Å²) in [6, 6.07) is 9.97. The summed E-state index contributed by atoms with van der Waals surface area (Å²) in [5, 5.41) is 9.18. The fourth-order valence-corrected chi connectivity index (χ4v) is 2.50. The Morgan fingerprint density at radius 1 is 0.917 bits per heavy atom. The molecular formula is C16H14Cl3N3O2. The van der Waals surface area contributed by atoms with E-state index in [2.05, 4.69) is 16.0 Å². The third-order valence-electron chi connectivity index (χ3n) is 2.92. The lowest BCUT2D eigenvalue weighted by molar-refractivity contribution is -0.115. The highest BCUT2D eigenvalue weighted by Crippen LogP contribution is 2.32. The van der Waals surface area contributed by atoms with Gasteiger partial charge in [0, 0.05) is 18.3 Å². The molecule has 2 aromatic rings. The van der Waals surface area contributed by atoms with Crippen molar-refractivity contribution in [1.82, 2.24) is 0 Å². The van der Waals surface area contributed by atoms with Crippen molar-refractivity contribution in [3.63, 3.8) is 0 Å². The van der Waals surface area contributed by atoms with Crippen LogP contribution in [-0.2, 0) is 9.59 Å². The molecule has 0 spiro atoms. The minimum absolute atomic E-state index is 0.0140. The van der Waals surface area contributed by atoms with Gasteiger partial charge in [-0.1, -0.05) is 40.9 Å². The van der Waals surface area contributed by atoms with E-state index in [4.69, 9.17) is 34.8 Å². The van der Waals surface area contributed by atoms with E-state index in [0.29, 0.717) is 32.1 Å². The Morgan fingerprint density at radius 3 is 2.29 bits per heavy atom. The van der Waals surface area contributed by atoms with Crippen LogP contribution in [0.25, 0.3) is 0 Å². The van der Waals surface area contributed by atoms with Crippen LogP contribution in [0.5, 0.6) is 0 Å². The minimum Gasteiger partial charge on any atom is -0.376 e. The molecule has 0 aromatic heterocycles. The van der Waals surface area contributed by atoms with Crippen LogP contribution in [0.3, 0.4) is 0 Å². The van der Waals surface area contributed by atoms with Crippen LogP contribution < -0.4 is 16.0 Å². The van der Waals surface area contributed by atoms with Gasteiger partial charge < -0.3 is 16.0 Å². The maximum atomic E-state index is 12.0. The summed E-state index contributed by atoms with van der Waals surface area (Å²) >= 11 is 17.8. The number of amides is 2. The van der Waals surface area contributed by atoms with Gasteiger partial charge in [-0.2, -0.15) is 0 Å². The zero-order valence-electron chi connectivity index (χ0n) is 12.6. The van der Waals surface area contributed by atoms with Gasteiger partial charge in [-0.15, -0.1) is 0 Å². The highest BCUT2D eigenvalue weighted by molar-refractivity contribution is 6.44. The number of rotatable bonds is 5. The first-order valence-electron chi connectivity index (χ1n) is 6.91. The molecule has 2 amide bonds. The van der Waals surface area contributed by atoms with E-state index in [9.17, 15) is 9.59 Å². The Bertz CT molecular complexity index is 781. The van der Waals surface area contributed by atoms with E-state index >= 15 is 0 Å². The van der Waals surface area contributed by atoms with Crippen molar-refractivity contribution in [2.75, 3.05) is 22.5 Å². The van der Waals surface area contributed by atoms with E-state index in [0.717, 1.165) is 0 Å². The van der Waals surface area contributed by atoms with Crippen LogP contribution in [0, 0.1) is 0 Å². The first kappa shape index (κ1) is 18.4. The molecule has 0 saturated carbocycles. The molecule has 0 fully saturated rings. The second kappa shape index (κ2) is 8.24. The Labute approximate surface area is 154 Å². The molecule has 126 valence electrons. The normalized spacial score (nSPS) is 10.2. The zero-order chi connectivity index (χ0) is 17.7. The van der Waals surface area contributed by atoms with Crippen molar-refractivity contribution in [2.45, 2.75) is 6.92 Å². The van der Waals surface area contributed by atoms with Crippen molar-refractivity contribution >= 4 is 63.7 Å². The Balaban J connectivity index is 1.96. The number of halogens is 3. The molecule has 0 unspecified atom stereocenters. The molecule has 0 aliphatic carbocycles. The first-order valence-corrected chi connectivity index (χ1v) is 8.04. The molecule has 0 saturated heterocycles. The molecule has 2 aromatic carbocycles. The fraction of sp³-hybridized carbons (Fsp3) is 0.125. The van der Waals surface area contributed by atoms with Gasteiger partial charge in [0.05, 0.1) is 27.3 Å². The van der Waals surface area contributed by atoms with E-state index in [1.807, 2.05) is 0 Å². The molecule has 0 heterocycles. The standard InChI is InChI=1S/C16H14Cl3N3O2/c1-9(23)21-11-4-2-3-10(5-11)20-8-16(24)22-15-7-13(18)12(17)6-14(15)19/h2-7,20H,8H2,1H3,(H,21,23)(H,22,24). The predicted octanol–water partition coefficient (Wildman–Crippen LogP) is 4.66. The number of nitrogens with one attached hydrogen (secondary N) is 3. The maximum Gasteiger partial charge on any atom is 0.243 e. The van der Waals surface area contributed by atoms with Crippen molar-refractivity contribution in [2.24, 2.45) is 0 Å². The lowest BCUT2D eigenvalue weighted by Crippen LogP contribution is -2.22. The number of carbonyl (C=O) groups excluding carboxylic acids is 2. The summed E-state index contributed by atoms with van der Waals surface area (Å²) in [4.78, 5) is 23.1. The SMILES string of the molecule is CC(=O)Nc1cccc(NCC(=O)Nc2cc(Cl)c(Cl)cc2Cl)c1. The number of hydrogen-bond donors (Lipinski definition) is 3. The van der Waals surface area contributed by atoms with Crippen LogP contribution in [0.1, 0.15) is 6.92 Å². The van der Waals surface area contributed by atoms with Crippen LogP contribution in [0.2, 0.25) is 15.1 Å². The molecule has 0 radical (unpaired) electrons. The second-order valence-electron chi connectivity index (χ2n) is 4.91. The summed E-state index contributed by atoms with van der Waals surface area (Å²) in [6.45, 7) is 1.44. The smallest absolute Gasteiger partial charge is 0.243 e. The molecule has 0 bridgehead atoms. The highest BCUT2D eigenvalue weighted by atomic mass is 35.5. The molecule has 0 aliphatic rings. The van der Waals surface area contributed by atoms with Crippen molar-refractivity contribution in [3.05, 3.63) is 51.5 Å². The monoisotopic (exact) mass is 385 g/mol. The van der Waals surface area contributed by atoms with Gasteiger partial charge in [0.25, 0.3) is 0 Å². The van der Waals surface area contributed by atoms with Crippen LogP contribution in [-0.4, -0.2) is 18.4 Å². The van der Waals surface area contributed by atoms with Gasteiger partial charge >= 0.3 is 0 Å². The van der Waals surface area contributed by atoms with E-state index in [1.165, 1.54) is 19.1 Å². The van der Waals surface area contributed by atoms with Gasteiger partial charge in [0.1, 0.15) is 0 Å². The summed E-state index contributed by atoms with van der Waals surface area (Å²) < 4.78 is 0. The predicted molar refractivity (Wildman–Crippen MR) is 99.3 cm³/mol. The van der Waals surface area contributed by atoms with Gasteiger partial charge in [0.15, 0.2) is 0 Å².